The summed E-state index contributed by atoms with van der Waals surface area (Å²) in [5, 5.41) is 11.5. The molecular formula is C12H15F3N2O2. The first-order valence-electron chi connectivity index (χ1n) is 5.64. The van der Waals surface area contributed by atoms with E-state index in [0.717, 1.165) is 0 Å². The van der Waals surface area contributed by atoms with Crippen LogP contribution in [0.2, 0.25) is 0 Å². The average Bonchev–Trinajstić information content (AvgIpc) is 2.40. The first-order chi connectivity index (χ1) is 8.75. The van der Waals surface area contributed by atoms with Gasteiger partial charge in [0.15, 0.2) is 17.4 Å². The third-order valence-electron chi connectivity index (χ3n) is 3.02. The normalized spacial score (nSPS) is 14.0. The van der Waals surface area contributed by atoms with Gasteiger partial charge < -0.3 is 16.2 Å². The lowest BCUT2D eigenvalue weighted by molar-refractivity contribution is 0.0900. The zero-order valence-electron chi connectivity index (χ0n) is 10.6. The van der Waals surface area contributed by atoms with Crippen molar-refractivity contribution in [1.29, 1.82) is 0 Å². The van der Waals surface area contributed by atoms with E-state index in [-0.39, 0.29) is 6.54 Å². The summed E-state index contributed by atoms with van der Waals surface area (Å²) < 4.78 is 39.5. The van der Waals surface area contributed by atoms with E-state index in [1.807, 2.05) is 0 Å². The van der Waals surface area contributed by atoms with Crippen molar-refractivity contribution < 1.29 is 23.1 Å². The van der Waals surface area contributed by atoms with Gasteiger partial charge in [0, 0.05) is 12.1 Å². The molecule has 0 aromatic heterocycles. The minimum absolute atomic E-state index is 0.0898. The molecule has 0 aliphatic heterocycles. The molecule has 1 rings (SSSR count). The highest BCUT2D eigenvalue weighted by atomic mass is 19.2. The van der Waals surface area contributed by atoms with Crippen molar-refractivity contribution in [1.82, 2.24) is 5.32 Å². The lowest BCUT2D eigenvalue weighted by Gasteiger charge is -2.28. The van der Waals surface area contributed by atoms with Gasteiger partial charge in [-0.2, -0.15) is 4.39 Å². The minimum Gasteiger partial charge on any atom is -0.503 e. The van der Waals surface area contributed by atoms with Crippen LogP contribution >= 0.6 is 0 Å². The number of benzene rings is 1. The maximum Gasteiger partial charge on any atom is 0.254 e. The standard InChI is InChI=1S/C12H15F3N2O2/c1-3-12(2,5-16)17-11(19)6-4-7(13)9(15)10(18)8(6)14/h4,18H,3,5,16H2,1-2H3,(H,17,19). The van der Waals surface area contributed by atoms with Crippen molar-refractivity contribution in [2.45, 2.75) is 25.8 Å². The molecule has 4 N–H and O–H groups in total. The number of nitrogens with two attached hydrogens (primary N) is 1. The molecule has 0 saturated heterocycles. The first kappa shape index (κ1) is 15.3. The molecule has 0 heterocycles. The number of carbonyl (C=O) groups excluding carboxylic acids is 1. The highest BCUT2D eigenvalue weighted by molar-refractivity contribution is 5.95. The Kier molecular flexibility index (Phi) is 4.41. The van der Waals surface area contributed by atoms with E-state index in [1.165, 1.54) is 0 Å². The fraction of sp³-hybridized carbons (Fsp3) is 0.417. The molecule has 0 bridgehead atoms. The number of amides is 1. The van der Waals surface area contributed by atoms with Crippen LogP contribution in [0.15, 0.2) is 6.07 Å². The number of carbonyl (C=O) groups is 1. The predicted octanol–water partition coefficient (Wildman–Crippen LogP) is 1.67. The number of aromatic hydroxyl groups is 1. The molecule has 7 heteroatoms. The molecule has 0 radical (unpaired) electrons. The SMILES string of the molecule is CCC(C)(CN)NC(=O)c1cc(F)c(F)c(O)c1F. The van der Waals surface area contributed by atoms with E-state index >= 15 is 0 Å². The van der Waals surface area contributed by atoms with Crippen molar-refractivity contribution >= 4 is 5.91 Å². The Balaban J connectivity index is 3.15. The van der Waals surface area contributed by atoms with Crippen LogP contribution in [0.25, 0.3) is 0 Å². The Morgan fingerprint density at radius 2 is 2.00 bits per heavy atom. The summed E-state index contributed by atoms with van der Waals surface area (Å²) in [6.07, 6.45) is 0.465. The van der Waals surface area contributed by atoms with Crippen molar-refractivity contribution in [2.24, 2.45) is 5.73 Å². The topological polar surface area (TPSA) is 75.3 Å². The van der Waals surface area contributed by atoms with Gasteiger partial charge in [-0.25, -0.2) is 8.78 Å². The summed E-state index contributed by atoms with van der Waals surface area (Å²) in [7, 11) is 0. The monoisotopic (exact) mass is 276 g/mol. The van der Waals surface area contributed by atoms with Gasteiger partial charge in [-0.1, -0.05) is 6.92 Å². The van der Waals surface area contributed by atoms with Crippen LogP contribution in [0.5, 0.6) is 5.75 Å². The number of hydrogen-bond acceptors (Lipinski definition) is 3. The Labute approximate surface area is 108 Å². The maximum atomic E-state index is 13.5. The molecule has 4 nitrogen and oxygen atoms in total. The molecular weight excluding hydrogens is 261 g/mol. The fourth-order valence-electron chi connectivity index (χ4n) is 1.38. The molecule has 0 spiro atoms. The molecule has 1 unspecified atom stereocenters. The molecule has 1 aromatic rings. The summed E-state index contributed by atoms with van der Waals surface area (Å²) >= 11 is 0. The van der Waals surface area contributed by atoms with Crippen LogP contribution in [0.4, 0.5) is 13.2 Å². The number of phenols is 1. The van der Waals surface area contributed by atoms with Gasteiger partial charge in [-0.15, -0.1) is 0 Å². The van der Waals surface area contributed by atoms with Gasteiger partial charge in [0.05, 0.1) is 5.56 Å². The van der Waals surface area contributed by atoms with Gasteiger partial charge in [0.25, 0.3) is 5.91 Å². The van der Waals surface area contributed by atoms with E-state index in [4.69, 9.17) is 10.8 Å². The number of halogens is 3. The highest BCUT2D eigenvalue weighted by Crippen LogP contribution is 2.26. The first-order valence-corrected chi connectivity index (χ1v) is 5.64. The van der Waals surface area contributed by atoms with Crippen molar-refractivity contribution in [3.63, 3.8) is 0 Å². The van der Waals surface area contributed by atoms with Crippen LogP contribution in [0.3, 0.4) is 0 Å². The van der Waals surface area contributed by atoms with Crippen LogP contribution in [0.1, 0.15) is 30.6 Å². The van der Waals surface area contributed by atoms with Crippen LogP contribution in [0, 0.1) is 17.5 Å². The largest absolute Gasteiger partial charge is 0.503 e. The minimum atomic E-state index is -1.73. The maximum absolute atomic E-state index is 13.5. The quantitative estimate of drug-likeness (QED) is 0.732. The molecule has 1 atom stereocenters. The zero-order chi connectivity index (χ0) is 14.8. The Morgan fingerprint density at radius 1 is 1.42 bits per heavy atom. The Hall–Kier alpha value is -1.76. The summed E-state index contributed by atoms with van der Waals surface area (Å²) in [6.45, 7) is 3.47. The fourth-order valence-corrected chi connectivity index (χ4v) is 1.38. The third-order valence-corrected chi connectivity index (χ3v) is 3.02. The van der Waals surface area contributed by atoms with E-state index < -0.39 is 40.2 Å². The molecule has 19 heavy (non-hydrogen) atoms. The summed E-state index contributed by atoms with van der Waals surface area (Å²) in [6, 6.07) is 0.395. The van der Waals surface area contributed by atoms with E-state index in [2.05, 4.69) is 5.32 Å². The lowest BCUT2D eigenvalue weighted by atomic mass is 9.98. The van der Waals surface area contributed by atoms with E-state index in [9.17, 15) is 18.0 Å². The Morgan fingerprint density at radius 3 is 2.47 bits per heavy atom. The van der Waals surface area contributed by atoms with Crippen molar-refractivity contribution in [2.75, 3.05) is 6.54 Å². The van der Waals surface area contributed by atoms with Crippen molar-refractivity contribution in [3.8, 4) is 5.75 Å². The van der Waals surface area contributed by atoms with E-state index in [1.54, 1.807) is 13.8 Å². The van der Waals surface area contributed by atoms with Crippen LogP contribution in [-0.4, -0.2) is 23.1 Å². The van der Waals surface area contributed by atoms with Crippen LogP contribution < -0.4 is 11.1 Å². The van der Waals surface area contributed by atoms with Gasteiger partial charge in [-0.3, -0.25) is 4.79 Å². The molecule has 0 fully saturated rings. The molecule has 0 aliphatic rings. The second-order valence-corrected chi connectivity index (χ2v) is 4.45. The van der Waals surface area contributed by atoms with Crippen molar-refractivity contribution in [3.05, 3.63) is 29.1 Å². The highest BCUT2D eigenvalue weighted by Gasteiger charge is 2.27. The number of nitrogens with one attached hydrogen (secondary N) is 1. The van der Waals surface area contributed by atoms with Gasteiger partial charge in [0.1, 0.15) is 0 Å². The summed E-state index contributed by atoms with van der Waals surface area (Å²) in [5.41, 5.74) is 3.90. The summed E-state index contributed by atoms with van der Waals surface area (Å²) in [5.74, 6) is -7.23. The number of phenolic OH excluding ortho intramolecular Hbond substituents is 1. The average molecular weight is 276 g/mol. The second-order valence-electron chi connectivity index (χ2n) is 4.45. The molecule has 1 aromatic carbocycles. The Bertz CT molecular complexity index is 502. The smallest absolute Gasteiger partial charge is 0.254 e. The van der Waals surface area contributed by atoms with Gasteiger partial charge >= 0.3 is 0 Å². The molecule has 0 saturated carbocycles. The predicted molar refractivity (Wildman–Crippen MR) is 63.2 cm³/mol. The molecule has 0 aliphatic carbocycles. The van der Waals surface area contributed by atoms with Gasteiger partial charge in [0.2, 0.25) is 5.82 Å². The lowest BCUT2D eigenvalue weighted by Crippen LogP contribution is -2.51. The van der Waals surface area contributed by atoms with E-state index in [0.29, 0.717) is 12.5 Å². The third kappa shape index (κ3) is 2.98. The molecule has 106 valence electrons. The van der Waals surface area contributed by atoms with Gasteiger partial charge in [-0.05, 0) is 19.4 Å². The number of hydrogen-bond donors (Lipinski definition) is 3. The summed E-state index contributed by atoms with van der Waals surface area (Å²) in [4.78, 5) is 11.8. The second kappa shape index (κ2) is 5.48. The zero-order valence-corrected chi connectivity index (χ0v) is 10.6. The molecule has 1 amide bonds. The van der Waals surface area contributed by atoms with Crippen LogP contribution in [-0.2, 0) is 0 Å². The number of rotatable bonds is 4.